The topological polar surface area (TPSA) is 93.8 Å². The lowest BCUT2D eigenvalue weighted by Crippen LogP contribution is -2.50. The minimum Gasteiger partial charge on any atom is -0.378 e. The van der Waals surface area contributed by atoms with E-state index in [0.29, 0.717) is 19.7 Å². The Bertz CT molecular complexity index is 273. The smallest absolute Gasteiger partial charge is 0.130 e. The first-order chi connectivity index (χ1) is 7.33. The molecule has 1 aliphatic heterocycles. The number of ether oxygens (including phenoxy) is 1. The molecule has 6 heteroatoms. The molecule has 1 rings (SSSR count). The fourth-order valence-corrected chi connectivity index (χ4v) is 1.58. The van der Waals surface area contributed by atoms with Gasteiger partial charge in [-0.15, -0.1) is 0 Å². The van der Waals surface area contributed by atoms with Crippen molar-refractivity contribution in [3.63, 3.8) is 0 Å². The Labute approximate surface area is 88.8 Å². The zero-order valence-electron chi connectivity index (χ0n) is 8.65. The number of azide groups is 1. The van der Waals surface area contributed by atoms with Crippen LogP contribution in [0.5, 0.6) is 0 Å². The largest absolute Gasteiger partial charge is 0.378 e. The summed E-state index contributed by atoms with van der Waals surface area (Å²) in [6.07, 6.45) is 2.48. The van der Waals surface area contributed by atoms with Crippen LogP contribution in [0, 0.1) is 11.3 Å². The van der Waals surface area contributed by atoms with Gasteiger partial charge in [-0.1, -0.05) is 5.11 Å². The molecule has 1 fully saturated rings. The van der Waals surface area contributed by atoms with E-state index < -0.39 is 5.54 Å². The summed E-state index contributed by atoms with van der Waals surface area (Å²) < 4.78 is 5.29. The Morgan fingerprint density at radius 3 is 3.13 bits per heavy atom. The maximum atomic E-state index is 9.07. The van der Waals surface area contributed by atoms with Crippen LogP contribution < -0.4 is 5.32 Å². The van der Waals surface area contributed by atoms with Crippen molar-refractivity contribution < 1.29 is 4.74 Å². The van der Waals surface area contributed by atoms with Gasteiger partial charge >= 0.3 is 0 Å². The molecule has 0 aromatic heterocycles. The average molecular weight is 209 g/mol. The van der Waals surface area contributed by atoms with Crippen LogP contribution in [0.1, 0.15) is 19.3 Å². The lowest BCUT2D eigenvalue weighted by atomic mass is 9.94. The van der Waals surface area contributed by atoms with E-state index in [-0.39, 0.29) is 0 Å². The van der Waals surface area contributed by atoms with Gasteiger partial charge in [0, 0.05) is 18.1 Å². The Hall–Kier alpha value is -1.28. The quantitative estimate of drug-likeness (QED) is 0.320. The highest BCUT2D eigenvalue weighted by Crippen LogP contribution is 2.17. The van der Waals surface area contributed by atoms with Gasteiger partial charge in [0.05, 0.1) is 12.7 Å². The third-order valence-electron chi connectivity index (χ3n) is 2.42. The Morgan fingerprint density at radius 2 is 2.53 bits per heavy atom. The summed E-state index contributed by atoms with van der Waals surface area (Å²) in [5.41, 5.74) is 7.54. The monoisotopic (exact) mass is 209 g/mol. The maximum Gasteiger partial charge on any atom is 0.130 e. The first-order valence-electron chi connectivity index (χ1n) is 5.08. The van der Waals surface area contributed by atoms with Gasteiger partial charge in [-0.2, -0.15) is 5.26 Å². The van der Waals surface area contributed by atoms with E-state index in [4.69, 9.17) is 15.5 Å². The standard InChI is InChI=1S/C9H15N5O/c10-7-9(3-1-6-15-8-9)12-4-2-5-13-14-11/h12H,1-6,8H2. The second kappa shape index (κ2) is 6.25. The van der Waals surface area contributed by atoms with Crippen molar-refractivity contribution in [2.75, 3.05) is 26.3 Å². The predicted octanol–water partition coefficient (Wildman–Crippen LogP) is 1.35. The Balaban J connectivity index is 2.27. The van der Waals surface area contributed by atoms with Gasteiger partial charge in [0.2, 0.25) is 0 Å². The highest BCUT2D eigenvalue weighted by Gasteiger charge is 2.31. The summed E-state index contributed by atoms with van der Waals surface area (Å²) in [5, 5.41) is 15.7. The van der Waals surface area contributed by atoms with E-state index in [1.807, 2.05) is 0 Å². The fourth-order valence-electron chi connectivity index (χ4n) is 1.58. The molecule has 0 aliphatic carbocycles. The van der Waals surface area contributed by atoms with Crippen LogP contribution in [0.4, 0.5) is 0 Å². The molecule has 0 amide bonds. The van der Waals surface area contributed by atoms with E-state index in [1.54, 1.807) is 0 Å². The second-order valence-corrected chi connectivity index (χ2v) is 3.58. The zero-order chi connectivity index (χ0) is 11.0. The summed E-state index contributed by atoms with van der Waals surface area (Å²) in [7, 11) is 0. The van der Waals surface area contributed by atoms with Gasteiger partial charge in [0.25, 0.3) is 0 Å². The summed E-state index contributed by atoms with van der Waals surface area (Å²) in [6.45, 7) is 2.33. The molecule has 1 aliphatic rings. The van der Waals surface area contributed by atoms with Crippen LogP contribution in [0.25, 0.3) is 10.4 Å². The van der Waals surface area contributed by atoms with Gasteiger partial charge in [0.1, 0.15) is 5.54 Å². The number of hydrogen-bond acceptors (Lipinski definition) is 4. The lowest BCUT2D eigenvalue weighted by molar-refractivity contribution is 0.0444. The molecule has 1 atom stereocenters. The Morgan fingerprint density at radius 1 is 1.67 bits per heavy atom. The number of nitrogens with one attached hydrogen (secondary N) is 1. The van der Waals surface area contributed by atoms with Gasteiger partial charge < -0.3 is 4.74 Å². The van der Waals surface area contributed by atoms with Crippen molar-refractivity contribution in [3.8, 4) is 6.07 Å². The van der Waals surface area contributed by atoms with Crippen molar-refractivity contribution in [1.82, 2.24) is 5.32 Å². The molecule has 82 valence electrons. The lowest BCUT2D eigenvalue weighted by Gasteiger charge is -2.31. The fraction of sp³-hybridized carbons (Fsp3) is 0.889. The van der Waals surface area contributed by atoms with Gasteiger partial charge in [-0.25, -0.2) is 0 Å². The van der Waals surface area contributed by atoms with Crippen molar-refractivity contribution in [2.45, 2.75) is 24.8 Å². The molecule has 0 bridgehead atoms. The zero-order valence-corrected chi connectivity index (χ0v) is 8.65. The molecule has 1 saturated heterocycles. The van der Waals surface area contributed by atoms with Crippen molar-refractivity contribution in [1.29, 1.82) is 5.26 Å². The summed E-state index contributed by atoms with van der Waals surface area (Å²) in [4.78, 5) is 2.67. The highest BCUT2D eigenvalue weighted by molar-refractivity contribution is 5.08. The van der Waals surface area contributed by atoms with E-state index in [2.05, 4.69) is 21.4 Å². The first-order valence-corrected chi connectivity index (χ1v) is 5.08. The summed E-state index contributed by atoms with van der Waals surface area (Å²) in [5.74, 6) is 0. The van der Waals surface area contributed by atoms with Crippen LogP contribution in [0.2, 0.25) is 0 Å². The minimum atomic E-state index is -0.533. The van der Waals surface area contributed by atoms with E-state index in [9.17, 15) is 0 Å². The Kier molecular flexibility index (Phi) is 4.91. The van der Waals surface area contributed by atoms with Gasteiger partial charge in [-0.3, -0.25) is 5.32 Å². The van der Waals surface area contributed by atoms with Crippen LogP contribution in [-0.4, -0.2) is 31.8 Å². The van der Waals surface area contributed by atoms with Gasteiger partial charge in [0.15, 0.2) is 0 Å². The second-order valence-electron chi connectivity index (χ2n) is 3.58. The van der Waals surface area contributed by atoms with Crippen molar-refractivity contribution in [3.05, 3.63) is 10.4 Å². The average Bonchev–Trinajstić information content (AvgIpc) is 2.30. The molecular weight excluding hydrogens is 194 g/mol. The third kappa shape index (κ3) is 3.76. The van der Waals surface area contributed by atoms with Crippen LogP contribution in [0.15, 0.2) is 5.11 Å². The third-order valence-corrected chi connectivity index (χ3v) is 2.42. The molecule has 0 radical (unpaired) electrons. The van der Waals surface area contributed by atoms with Crippen LogP contribution in [0.3, 0.4) is 0 Å². The number of hydrogen-bond donors (Lipinski definition) is 1. The summed E-state index contributed by atoms with van der Waals surface area (Å²) in [6, 6.07) is 2.27. The molecule has 15 heavy (non-hydrogen) atoms. The van der Waals surface area contributed by atoms with E-state index in [0.717, 1.165) is 25.9 Å². The minimum absolute atomic E-state index is 0.449. The molecule has 6 nitrogen and oxygen atoms in total. The van der Waals surface area contributed by atoms with Gasteiger partial charge in [-0.05, 0) is 31.3 Å². The van der Waals surface area contributed by atoms with E-state index >= 15 is 0 Å². The SMILES string of the molecule is N#CC1(NCCCN=[N+]=[N-])CCCOC1. The summed E-state index contributed by atoms with van der Waals surface area (Å²) >= 11 is 0. The van der Waals surface area contributed by atoms with E-state index in [1.165, 1.54) is 0 Å². The molecule has 1 heterocycles. The maximum absolute atomic E-state index is 9.07. The molecule has 0 aromatic rings. The molecule has 0 saturated carbocycles. The number of nitrogens with zero attached hydrogens (tertiary/aromatic N) is 4. The van der Waals surface area contributed by atoms with Crippen molar-refractivity contribution >= 4 is 0 Å². The normalized spacial score (nSPS) is 25.3. The highest BCUT2D eigenvalue weighted by atomic mass is 16.5. The molecule has 0 aromatic carbocycles. The number of nitriles is 1. The molecular formula is C9H15N5O. The predicted molar refractivity (Wildman–Crippen MR) is 55.0 cm³/mol. The van der Waals surface area contributed by atoms with Crippen molar-refractivity contribution in [2.24, 2.45) is 5.11 Å². The molecule has 0 spiro atoms. The molecule has 1 unspecified atom stereocenters. The molecule has 1 N–H and O–H groups in total. The van der Waals surface area contributed by atoms with Crippen LogP contribution in [-0.2, 0) is 4.74 Å². The van der Waals surface area contributed by atoms with Crippen LogP contribution >= 0.6 is 0 Å². The number of rotatable bonds is 5. The first kappa shape index (κ1) is 11.8.